The average Bonchev–Trinajstić information content (AvgIpc) is 2.01. The molecule has 8 heteroatoms. The van der Waals surface area contributed by atoms with E-state index in [1.54, 1.807) is 0 Å². The van der Waals surface area contributed by atoms with Crippen molar-refractivity contribution in [1.82, 2.24) is 0 Å². The van der Waals surface area contributed by atoms with Crippen molar-refractivity contribution in [2.24, 2.45) is 0 Å². The monoisotopic (exact) mass is 266 g/mol. The van der Waals surface area contributed by atoms with Crippen LogP contribution in [-0.4, -0.2) is 8.76 Å². The van der Waals surface area contributed by atoms with Crippen molar-refractivity contribution in [3.05, 3.63) is 28.8 Å². The van der Waals surface area contributed by atoms with E-state index in [1.807, 2.05) is 0 Å². The summed E-state index contributed by atoms with van der Waals surface area (Å²) in [6.45, 7) is 0. The first-order valence-electron chi connectivity index (χ1n) is 3.28. The minimum absolute atomic E-state index is 0. The second-order valence-corrected chi connectivity index (χ2v) is 3.72. The molecule has 2 nitrogen and oxygen atoms in total. The molecule has 0 fully saturated rings. The third-order valence-electron chi connectivity index (χ3n) is 1.43. The Bertz CT molecular complexity index is 383. The maximum Gasteiger partial charge on any atom is 1.00 e. The number of benzene rings is 1. The predicted molar refractivity (Wildman–Crippen MR) is 43.6 cm³/mol. The molecule has 0 heterocycles. The number of halogens is 4. The summed E-state index contributed by atoms with van der Waals surface area (Å²) < 4.78 is 57.6. The third-order valence-corrected chi connectivity index (χ3v) is 2.36. The molecule has 0 amide bonds. The van der Waals surface area contributed by atoms with Crippen LogP contribution in [0.5, 0.6) is 0 Å². The van der Waals surface area contributed by atoms with Crippen molar-refractivity contribution in [3.8, 4) is 0 Å². The van der Waals surface area contributed by atoms with Crippen molar-refractivity contribution in [2.75, 3.05) is 0 Å². The fourth-order valence-corrected chi connectivity index (χ4v) is 1.69. The van der Waals surface area contributed by atoms with E-state index in [1.165, 1.54) is 0 Å². The average molecular weight is 267 g/mol. The topological polar surface area (TPSA) is 40.1 Å². The Kier molecular flexibility index (Phi) is 5.81. The largest absolute Gasteiger partial charge is 1.00 e. The third kappa shape index (κ3) is 4.05. The first-order valence-corrected chi connectivity index (χ1v) is 4.73. The maximum atomic E-state index is 12.2. The van der Waals surface area contributed by atoms with Crippen molar-refractivity contribution < 1.29 is 51.5 Å². The molecule has 1 aromatic carbocycles. The van der Waals surface area contributed by atoms with Gasteiger partial charge in [-0.25, -0.2) is 0 Å². The number of hydrogen-bond donors (Lipinski definition) is 0. The number of hydrogen-bond acceptors (Lipinski definition) is 2. The van der Waals surface area contributed by atoms with Crippen LogP contribution in [0.4, 0.5) is 13.2 Å². The molecule has 15 heavy (non-hydrogen) atoms. The zero-order valence-electron chi connectivity index (χ0n) is 7.47. The Labute approximate surface area is 113 Å². The fourth-order valence-electron chi connectivity index (χ4n) is 0.868. The molecule has 0 bridgehead atoms. The zero-order chi connectivity index (χ0) is 10.9. The van der Waals surface area contributed by atoms with Gasteiger partial charge < -0.3 is 4.55 Å². The summed E-state index contributed by atoms with van der Waals surface area (Å²) in [5.41, 5.74) is -1.21. The number of rotatable bonds is 1. The SMILES string of the molecule is O=S([O-])c1cc(Cl)ccc1C(F)(F)F.[Na+]. The molecule has 0 saturated carbocycles. The Hall–Kier alpha value is 0.410. The zero-order valence-corrected chi connectivity index (χ0v) is 11.0. The van der Waals surface area contributed by atoms with Gasteiger partial charge in [0.1, 0.15) is 0 Å². The molecule has 0 aromatic heterocycles. The molecule has 0 radical (unpaired) electrons. The van der Waals surface area contributed by atoms with Crippen LogP contribution < -0.4 is 29.6 Å². The molecule has 0 saturated heterocycles. The van der Waals surface area contributed by atoms with Crippen molar-refractivity contribution in [1.29, 1.82) is 0 Å². The molecular formula is C7H3ClF3NaO2S. The summed E-state index contributed by atoms with van der Waals surface area (Å²) >= 11 is 2.42. The second-order valence-electron chi connectivity index (χ2n) is 2.37. The van der Waals surface area contributed by atoms with Crippen LogP contribution >= 0.6 is 11.6 Å². The summed E-state index contributed by atoms with van der Waals surface area (Å²) in [5.74, 6) is 0. The number of alkyl halides is 3. The van der Waals surface area contributed by atoms with Crippen LogP contribution in [0, 0.1) is 0 Å². The molecule has 0 aliphatic heterocycles. The van der Waals surface area contributed by atoms with E-state index in [-0.39, 0.29) is 34.6 Å². The van der Waals surface area contributed by atoms with Gasteiger partial charge in [-0.15, -0.1) is 0 Å². The van der Waals surface area contributed by atoms with Crippen molar-refractivity contribution in [2.45, 2.75) is 11.1 Å². The van der Waals surface area contributed by atoms with Gasteiger partial charge in [-0.05, 0) is 29.3 Å². The normalized spacial score (nSPS) is 13.1. The van der Waals surface area contributed by atoms with Gasteiger partial charge in [0.25, 0.3) is 0 Å². The summed E-state index contributed by atoms with van der Waals surface area (Å²) in [7, 11) is 0. The first kappa shape index (κ1) is 15.4. The summed E-state index contributed by atoms with van der Waals surface area (Å²) in [4.78, 5) is -0.843. The van der Waals surface area contributed by atoms with Crippen LogP contribution in [0.1, 0.15) is 5.56 Å². The Balaban J connectivity index is 0.00000196. The molecule has 0 N–H and O–H groups in total. The first-order chi connectivity index (χ1) is 6.32. The van der Waals surface area contributed by atoms with Gasteiger partial charge >= 0.3 is 35.7 Å². The minimum Gasteiger partial charge on any atom is -0.768 e. The minimum atomic E-state index is -4.69. The van der Waals surface area contributed by atoms with Crippen LogP contribution in [0.2, 0.25) is 5.02 Å². The van der Waals surface area contributed by atoms with Crippen LogP contribution in [0.15, 0.2) is 23.1 Å². The quantitative estimate of drug-likeness (QED) is 0.513. The van der Waals surface area contributed by atoms with Gasteiger partial charge in [-0.1, -0.05) is 11.6 Å². The molecule has 1 aromatic rings. The van der Waals surface area contributed by atoms with E-state index in [2.05, 4.69) is 0 Å². The predicted octanol–water partition coefficient (Wildman–Crippen LogP) is -0.399. The smallest absolute Gasteiger partial charge is 0.768 e. The van der Waals surface area contributed by atoms with E-state index in [9.17, 15) is 21.9 Å². The Morgan fingerprint density at radius 2 is 1.87 bits per heavy atom. The van der Waals surface area contributed by atoms with Gasteiger partial charge in [-0.2, -0.15) is 13.2 Å². The van der Waals surface area contributed by atoms with E-state index in [0.29, 0.717) is 6.07 Å². The molecular weight excluding hydrogens is 264 g/mol. The summed E-state index contributed by atoms with van der Waals surface area (Å²) in [6, 6.07) is 2.38. The summed E-state index contributed by atoms with van der Waals surface area (Å²) in [5, 5.41) is -0.0581. The molecule has 0 aliphatic rings. The second kappa shape index (κ2) is 5.65. The Morgan fingerprint density at radius 3 is 2.27 bits per heavy atom. The molecule has 1 atom stereocenters. The van der Waals surface area contributed by atoms with Gasteiger partial charge in [0.15, 0.2) is 0 Å². The van der Waals surface area contributed by atoms with E-state index >= 15 is 0 Å². The molecule has 78 valence electrons. The van der Waals surface area contributed by atoms with E-state index in [4.69, 9.17) is 11.6 Å². The van der Waals surface area contributed by atoms with Crippen molar-refractivity contribution in [3.63, 3.8) is 0 Å². The van der Waals surface area contributed by atoms with Gasteiger partial charge in [0.05, 0.1) is 5.56 Å². The maximum absolute atomic E-state index is 12.2. The molecule has 0 aliphatic carbocycles. The van der Waals surface area contributed by atoms with Gasteiger partial charge in [-0.3, -0.25) is 4.21 Å². The van der Waals surface area contributed by atoms with Crippen LogP contribution in [-0.2, 0) is 17.3 Å². The summed E-state index contributed by atoms with van der Waals surface area (Å²) in [6.07, 6.45) is -4.69. The van der Waals surface area contributed by atoms with Crippen LogP contribution in [0.3, 0.4) is 0 Å². The molecule has 1 rings (SSSR count). The van der Waals surface area contributed by atoms with E-state index < -0.39 is 27.7 Å². The molecule has 0 spiro atoms. The van der Waals surface area contributed by atoms with Gasteiger partial charge in [0.2, 0.25) is 0 Å². The van der Waals surface area contributed by atoms with Crippen LogP contribution in [0.25, 0.3) is 0 Å². The Morgan fingerprint density at radius 1 is 1.33 bits per heavy atom. The standard InChI is InChI=1S/C7H4ClF3O2S.Na/c8-4-1-2-5(7(9,10)11)6(3-4)14(12)13;/h1-3H,(H,12,13);/q;+1/p-1. The molecule has 1 unspecified atom stereocenters. The fraction of sp³-hybridized carbons (Fsp3) is 0.143. The van der Waals surface area contributed by atoms with Gasteiger partial charge in [0, 0.05) is 9.92 Å². The van der Waals surface area contributed by atoms with Crippen molar-refractivity contribution >= 4 is 22.7 Å². The van der Waals surface area contributed by atoms with E-state index in [0.717, 1.165) is 12.1 Å².